The third kappa shape index (κ3) is 3.61. The third-order valence-corrected chi connectivity index (χ3v) is 3.78. The highest BCUT2D eigenvalue weighted by Gasteiger charge is 2.10. The molecule has 0 aliphatic carbocycles. The quantitative estimate of drug-likeness (QED) is 0.796. The number of methoxy groups -OCH3 is 2. The van der Waals surface area contributed by atoms with Crippen LogP contribution in [0, 0.1) is 6.92 Å². The Morgan fingerprint density at radius 2 is 1.90 bits per heavy atom. The minimum absolute atomic E-state index is 0.300. The van der Waals surface area contributed by atoms with Gasteiger partial charge in [0.05, 0.1) is 18.7 Å². The number of hydrogen-bond acceptors (Lipinski definition) is 4. The molecule has 4 nitrogen and oxygen atoms in total. The summed E-state index contributed by atoms with van der Waals surface area (Å²) in [7, 11) is 3.23. The molecule has 112 valence electrons. The summed E-state index contributed by atoms with van der Waals surface area (Å²) >= 11 is 3.48. The molecule has 0 amide bonds. The van der Waals surface area contributed by atoms with E-state index in [-0.39, 0.29) is 0 Å². The zero-order valence-corrected chi connectivity index (χ0v) is 13.8. The smallest absolute Gasteiger partial charge is 0.174 e. The molecule has 0 radical (unpaired) electrons. The average molecular weight is 352 g/mol. The SMILES string of the molecule is COc1cc(CNc2ccc(O)c(C)c2)cc(Br)c1OC. The van der Waals surface area contributed by atoms with E-state index in [4.69, 9.17) is 9.47 Å². The van der Waals surface area contributed by atoms with Crippen LogP contribution in [0.5, 0.6) is 17.2 Å². The van der Waals surface area contributed by atoms with Gasteiger partial charge in [0.25, 0.3) is 0 Å². The molecule has 0 heterocycles. The maximum Gasteiger partial charge on any atom is 0.174 e. The lowest BCUT2D eigenvalue weighted by molar-refractivity contribution is 0.352. The lowest BCUT2D eigenvalue weighted by Gasteiger charge is -2.13. The van der Waals surface area contributed by atoms with Crippen LogP contribution in [0.2, 0.25) is 0 Å². The summed E-state index contributed by atoms with van der Waals surface area (Å²) in [6, 6.07) is 9.36. The first-order valence-electron chi connectivity index (χ1n) is 6.49. The van der Waals surface area contributed by atoms with E-state index in [1.807, 2.05) is 31.2 Å². The van der Waals surface area contributed by atoms with Crippen LogP contribution in [-0.2, 0) is 6.54 Å². The van der Waals surface area contributed by atoms with Crippen molar-refractivity contribution in [3.63, 3.8) is 0 Å². The van der Waals surface area contributed by atoms with E-state index in [1.54, 1.807) is 20.3 Å². The first kappa shape index (κ1) is 15.5. The van der Waals surface area contributed by atoms with E-state index < -0.39 is 0 Å². The van der Waals surface area contributed by atoms with Crippen molar-refractivity contribution < 1.29 is 14.6 Å². The van der Waals surface area contributed by atoms with Crippen LogP contribution in [0.25, 0.3) is 0 Å². The molecule has 0 fully saturated rings. The molecule has 0 unspecified atom stereocenters. The van der Waals surface area contributed by atoms with E-state index in [0.29, 0.717) is 23.8 Å². The first-order chi connectivity index (χ1) is 10.0. The third-order valence-electron chi connectivity index (χ3n) is 3.19. The molecule has 0 atom stereocenters. The van der Waals surface area contributed by atoms with Gasteiger partial charge in [-0.1, -0.05) is 0 Å². The van der Waals surface area contributed by atoms with Gasteiger partial charge in [-0.25, -0.2) is 0 Å². The number of aryl methyl sites for hydroxylation is 1. The molecule has 2 aromatic carbocycles. The van der Waals surface area contributed by atoms with Gasteiger partial charge in [0.15, 0.2) is 11.5 Å². The molecule has 2 aromatic rings. The summed E-state index contributed by atoms with van der Waals surface area (Å²) in [6.45, 7) is 2.51. The first-order valence-corrected chi connectivity index (χ1v) is 7.28. The molecular weight excluding hydrogens is 334 g/mol. The summed E-state index contributed by atoms with van der Waals surface area (Å²) in [6.07, 6.45) is 0. The molecule has 0 aliphatic heterocycles. The number of ether oxygens (including phenoxy) is 2. The number of benzene rings is 2. The Morgan fingerprint density at radius 1 is 1.14 bits per heavy atom. The van der Waals surface area contributed by atoms with E-state index in [1.165, 1.54) is 0 Å². The maximum absolute atomic E-state index is 9.53. The minimum atomic E-state index is 0.300. The number of rotatable bonds is 5. The Morgan fingerprint density at radius 3 is 2.52 bits per heavy atom. The van der Waals surface area contributed by atoms with Gasteiger partial charge in [-0.15, -0.1) is 0 Å². The minimum Gasteiger partial charge on any atom is -0.508 e. The van der Waals surface area contributed by atoms with Crippen LogP contribution in [0.3, 0.4) is 0 Å². The fraction of sp³-hybridized carbons (Fsp3) is 0.250. The summed E-state index contributed by atoms with van der Waals surface area (Å²) < 4.78 is 11.5. The van der Waals surface area contributed by atoms with E-state index in [2.05, 4.69) is 21.2 Å². The van der Waals surface area contributed by atoms with Crippen molar-refractivity contribution in [3.05, 3.63) is 45.9 Å². The number of anilines is 1. The van der Waals surface area contributed by atoms with E-state index in [0.717, 1.165) is 21.3 Å². The summed E-state index contributed by atoms with van der Waals surface area (Å²) in [5, 5.41) is 12.8. The number of halogens is 1. The van der Waals surface area contributed by atoms with Gasteiger partial charge in [-0.3, -0.25) is 0 Å². The standard InChI is InChI=1S/C16H18BrNO3/c1-10-6-12(4-5-14(10)19)18-9-11-7-13(17)16(21-3)15(8-11)20-2/h4-8,18-19H,9H2,1-3H3. The highest BCUT2D eigenvalue weighted by atomic mass is 79.9. The van der Waals surface area contributed by atoms with Crippen LogP contribution in [0.1, 0.15) is 11.1 Å². The molecule has 0 aliphatic rings. The highest BCUT2D eigenvalue weighted by molar-refractivity contribution is 9.10. The second-order valence-corrected chi connectivity index (χ2v) is 5.52. The van der Waals surface area contributed by atoms with Crippen molar-refractivity contribution in [3.8, 4) is 17.2 Å². The molecule has 5 heteroatoms. The topological polar surface area (TPSA) is 50.7 Å². The van der Waals surface area contributed by atoms with Crippen molar-refractivity contribution in [2.45, 2.75) is 13.5 Å². The van der Waals surface area contributed by atoms with Crippen LogP contribution in [-0.4, -0.2) is 19.3 Å². The number of phenolic OH excluding ortho intramolecular Hbond substituents is 1. The number of aromatic hydroxyl groups is 1. The Hall–Kier alpha value is -1.88. The van der Waals surface area contributed by atoms with Crippen molar-refractivity contribution in [2.24, 2.45) is 0 Å². The second-order valence-electron chi connectivity index (χ2n) is 4.67. The Balaban J connectivity index is 2.16. The molecule has 2 N–H and O–H groups in total. The summed E-state index contributed by atoms with van der Waals surface area (Å²) in [4.78, 5) is 0. The Bertz CT molecular complexity index is 644. The zero-order chi connectivity index (χ0) is 15.4. The number of hydrogen-bond donors (Lipinski definition) is 2. The maximum atomic E-state index is 9.53. The van der Waals surface area contributed by atoms with Gasteiger partial charge < -0.3 is 19.9 Å². The predicted octanol–water partition coefficient (Wildman–Crippen LogP) is 4.09. The van der Waals surface area contributed by atoms with Gasteiger partial charge in [0, 0.05) is 12.2 Å². The van der Waals surface area contributed by atoms with Crippen molar-refractivity contribution in [2.75, 3.05) is 19.5 Å². The number of nitrogens with one attached hydrogen (secondary N) is 1. The molecule has 0 saturated heterocycles. The van der Waals surface area contributed by atoms with Crippen molar-refractivity contribution in [1.82, 2.24) is 0 Å². The van der Waals surface area contributed by atoms with Gasteiger partial charge >= 0.3 is 0 Å². The molecule has 21 heavy (non-hydrogen) atoms. The molecular formula is C16H18BrNO3. The summed E-state index contributed by atoms with van der Waals surface area (Å²) in [5.74, 6) is 1.67. The molecule has 0 spiro atoms. The molecule has 0 aromatic heterocycles. The van der Waals surface area contributed by atoms with Gasteiger partial charge in [0.2, 0.25) is 0 Å². The molecule has 0 bridgehead atoms. The lowest BCUT2D eigenvalue weighted by Crippen LogP contribution is -2.01. The largest absolute Gasteiger partial charge is 0.508 e. The van der Waals surface area contributed by atoms with Crippen LogP contribution in [0.15, 0.2) is 34.8 Å². The fourth-order valence-electron chi connectivity index (χ4n) is 2.04. The monoisotopic (exact) mass is 351 g/mol. The average Bonchev–Trinajstić information content (AvgIpc) is 2.47. The zero-order valence-electron chi connectivity index (χ0n) is 12.2. The summed E-state index contributed by atoms with van der Waals surface area (Å²) in [5.41, 5.74) is 2.86. The van der Waals surface area contributed by atoms with Crippen LogP contribution < -0.4 is 14.8 Å². The fourth-order valence-corrected chi connectivity index (χ4v) is 2.69. The predicted molar refractivity (Wildman–Crippen MR) is 87.4 cm³/mol. The van der Waals surface area contributed by atoms with Gasteiger partial charge in [0.1, 0.15) is 5.75 Å². The lowest BCUT2D eigenvalue weighted by atomic mass is 10.1. The second kappa shape index (κ2) is 6.72. The van der Waals surface area contributed by atoms with Gasteiger partial charge in [-0.2, -0.15) is 0 Å². The van der Waals surface area contributed by atoms with E-state index in [9.17, 15) is 5.11 Å². The van der Waals surface area contributed by atoms with Crippen LogP contribution >= 0.6 is 15.9 Å². The van der Waals surface area contributed by atoms with Crippen LogP contribution in [0.4, 0.5) is 5.69 Å². The van der Waals surface area contributed by atoms with Crippen molar-refractivity contribution >= 4 is 21.6 Å². The van der Waals surface area contributed by atoms with Crippen molar-refractivity contribution in [1.29, 1.82) is 0 Å². The normalized spacial score (nSPS) is 10.3. The highest BCUT2D eigenvalue weighted by Crippen LogP contribution is 2.36. The Labute approximate surface area is 132 Å². The van der Waals surface area contributed by atoms with Gasteiger partial charge in [-0.05, 0) is 64.3 Å². The number of phenols is 1. The Kier molecular flexibility index (Phi) is 4.96. The molecule has 2 rings (SSSR count). The van der Waals surface area contributed by atoms with E-state index >= 15 is 0 Å². The molecule has 0 saturated carbocycles.